The second kappa shape index (κ2) is 6.72. The zero-order chi connectivity index (χ0) is 15.4. The normalized spacial score (nSPS) is 18.1. The Bertz CT molecular complexity index is 620. The van der Waals surface area contributed by atoms with Crippen LogP contribution in [-0.2, 0) is 16.1 Å². The minimum Gasteiger partial charge on any atom is -0.366 e. The maximum Gasteiger partial charge on any atom is 0.253 e. The van der Waals surface area contributed by atoms with Gasteiger partial charge in [-0.1, -0.05) is 18.2 Å². The van der Waals surface area contributed by atoms with Crippen LogP contribution in [0.3, 0.4) is 0 Å². The summed E-state index contributed by atoms with van der Waals surface area (Å²) in [5.74, 6) is -0.000314. The van der Waals surface area contributed by atoms with E-state index in [0.29, 0.717) is 19.7 Å². The van der Waals surface area contributed by atoms with Crippen LogP contribution in [0.4, 0.5) is 0 Å². The molecule has 1 aromatic heterocycles. The minimum absolute atomic E-state index is 0.000314. The van der Waals surface area contributed by atoms with Crippen LogP contribution < -0.4 is 5.32 Å². The van der Waals surface area contributed by atoms with Gasteiger partial charge in [0.05, 0.1) is 18.5 Å². The molecule has 22 heavy (non-hydrogen) atoms. The highest BCUT2D eigenvalue weighted by molar-refractivity contribution is 5.81. The second-order valence-electron chi connectivity index (χ2n) is 5.39. The summed E-state index contributed by atoms with van der Waals surface area (Å²) in [6, 6.07) is 9.90. The SMILES string of the molecule is CN(Cc1cnn(-c2ccccc2)c1)C(=O)C1CNCCO1. The number of morpholine rings is 1. The molecule has 116 valence electrons. The van der Waals surface area contributed by atoms with E-state index in [1.54, 1.807) is 18.1 Å². The number of nitrogens with zero attached hydrogens (tertiary/aromatic N) is 3. The van der Waals surface area contributed by atoms with Gasteiger partial charge in [0.1, 0.15) is 6.10 Å². The van der Waals surface area contributed by atoms with Crippen molar-refractivity contribution in [2.75, 3.05) is 26.7 Å². The number of carbonyl (C=O) groups is 1. The summed E-state index contributed by atoms with van der Waals surface area (Å²) in [5.41, 5.74) is 1.99. The first-order chi connectivity index (χ1) is 10.7. The molecule has 1 atom stereocenters. The van der Waals surface area contributed by atoms with E-state index in [-0.39, 0.29) is 12.0 Å². The Morgan fingerprint density at radius 1 is 1.45 bits per heavy atom. The number of benzene rings is 1. The lowest BCUT2D eigenvalue weighted by molar-refractivity contribution is -0.144. The van der Waals surface area contributed by atoms with Crippen LogP contribution in [0.25, 0.3) is 5.69 Å². The van der Waals surface area contributed by atoms with Gasteiger partial charge >= 0.3 is 0 Å². The van der Waals surface area contributed by atoms with E-state index >= 15 is 0 Å². The van der Waals surface area contributed by atoms with Gasteiger partial charge in [-0.05, 0) is 12.1 Å². The van der Waals surface area contributed by atoms with Gasteiger partial charge in [0.2, 0.25) is 0 Å². The number of hydrogen-bond acceptors (Lipinski definition) is 4. The molecule has 0 aliphatic carbocycles. The number of para-hydroxylation sites is 1. The summed E-state index contributed by atoms with van der Waals surface area (Å²) in [6.45, 7) is 2.48. The van der Waals surface area contributed by atoms with Crippen molar-refractivity contribution < 1.29 is 9.53 Å². The van der Waals surface area contributed by atoms with Crippen molar-refractivity contribution in [1.82, 2.24) is 20.0 Å². The van der Waals surface area contributed by atoms with Crippen LogP contribution in [0.2, 0.25) is 0 Å². The topological polar surface area (TPSA) is 59.4 Å². The molecule has 2 aromatic rings. The van der Waals surface area contributed by atoms with E-state index in [0.717, 1.165) is 17.8 Å². The zero-order valence-electron chi connectivity index (χ0n) is 12.6. The highest BCUT2D eigenvalue weighted by Gasteiger charge is 2.25. The first-order valence-electron chi connectivity index (χ1n) is 7.40. The molecule has 1 aromatic carbocycles. The molecule has 6 heteroatoms. The zero-order valence-corrected chi connectivity index (χ0v) is 12.6. The van der Waals surface area contributed by atoms with E-state index < -0.39 is 0 Å². The fourth-order valence-electron chi connectivity index (χ4n) is 2.49. The van der Waals surface area contributed by atoms with Crippen molar-refractivity contribution in [2.45, 2.75) is 12.6 Å². The Kier molecular flexibility index (Phi) is 4.50. The fraction of sp³-hybridized carbons (Fsp3) is 0.375. The lowest BCUT2D eigenvalue weighted by Crippen LogP contribution is -2.48. The van der Waals surface area contributed by atoms with Crippen molar-refractivity contribution >= 4 is 5.91 Å². The number of carbonyl (C=O) groups excluding carboxylic acids is 1. The van der Waals surface area contributed by atoms with E-state index in [1.807, 2.05) is 41.2 Å². The molecule has 0 bridgehead atoms. The summed E-state index contributed by atoms with van der Waals surface area (Å²) in [5, 5.41) is 7.52. The van der Waals surface area contributed by atoms with E-state index in [2.05, 4.69) is 10.4 Å². The molecule has 1 unspecified atom stereocenters. The van der Waals surface area contributed by atoms with Crippen molar-refractivity contribution in [3.63, 3.8) is 0 Å². The number of aromatic nitrogens is 2. The van der Waals surface area contributed by atoms with E-state index in [1.165, 1.54) is 0 Å². The van der Waals surface area contributed by atoms with Crippen molar-refractivity contribution in [3.05, 3.63) is 48.3 Å². The van der Waals surface area contributed by atoms with Crippen LogP contribution in [0.5, 0.6) is 0 Å². The largest absolute Gasteiger partial charge is 0.366 e. The molecule has 0 saturated carbocycles. The lowest BCUT2D eigenvalue weighted by Gasteiger charge is -2.27. The van der Waals surface area contributed by atoms with Gasteiger partial charge in [-0.25, -0.2) is 4.68 Å². The van der Waals surface area contributed by atoms with Gasteiger partial charge in [-0.2, -0.15) is 5.10 Å². The molecule has 0 radical (unpaired) electrons. The lowest BCUT2D eigenvalue weighted by atomic mass is 10.2. The predicted molar refractivity (Wildman–Crippen MR) is 82.6 cm³/mol. The molecule has 1 amide bonds. The smallest absolute Gasteiger partial charge is 0.253 e. The highest BCUT2D eigenvalue weighted by Crippen LogP contribution is 2.10. The van der Waals surface area contributed by atoms with Crippen LogP contribution in [0, 0.1) is 0 Å². The van der Waals surface area contributed by atoms with Gasteiger partial charge in [-0.3, -0.25) is 4.79 Å². The number of ether oxygens (including phenoxy) is 1. The van der Waals surface area contributed by atoms with Crippen molar-refractivity contribution in [3.8, 4) is 5.69 Å². The molecule has 1 aliphatic rings. The van der Waals surface area contributed by atoms with Crippen LogP contribution in [0.1, 0.15) is 5.56 Å². The summed E-state index contributed by atoms with van der Waals surface area (Å²) >= 11 is 0. The van der Waals surface area contributed by atoms with Crippen LogP contribution in [-0.4, -0.2) is 53.4 Å². The maximum atomic E-state index is 12.3. The van der Waals surface area contributed by atoms with Gasteiger partial charge in [0.15, 0.2) is 0 Å². The summed E-state index contributed by atoms with van der Waals surface area (Å²) < 4.78 is 7.31. The highest BCUT2D eigenvalue weighted by atomic mass is 16.5. The predicted octanol–water partition coefficient (Wildman–Crippen LogP) is 0.819. The number of hydrogen-bond donors (Lipinski definition) is 1. The molecule has 1 N–H and O–H groups in total. The third-order valence-corrected chi connectivity index (χ3v) is 3.66. The third-order valence-electron chi connectivity index (χ3n) is 3.66. The van der Waals surface area contributed by atoms with Crippen LogP contribution >= 0.6 is 0 Å². The Morgan fingerprint density at radius 2 is 2.27 bits per heavy atom. The van der Waals surface area contributed by atoms with Crippen molar-refractivity contribution in [2.24, 2.45) is 0 Å². The second-order valence-corrected chi connectivity index (χ2v) is 5.39. The molecular weight excluding hydrogens is 280 g/mol. The van der Waals surface area contributed by atoms with Crippen LogP contribution in [0.15, 0.2) is 42.7 Å². The Hall–Kier alpha value is -2.18. The molecule has 3 rings (SSSR count). The third kappa shape index (κ3) is 3.35. The van der Waals surface area contributed by atoms with E-state index in [4.69, 9.17) is 4.74 Å². The summed E-state index contributed by atoms with van der Waals surface area (Å²) in [4.78, 5) is 14.0. The first-order valence-corrected chi connectivity index (χ1v) is 7.40. The van der Waals surface area contributed by atoms with Gasteiger partial charge in [0.25, 0.3) is 5.91 Å². The van der Waals surface area contributed by atoms with Gasteiger partial charge < -0.3 is 15.0 Å². The fourth-order valence-corrected chi connectivity index (χ4v) is 2.49. The number of nitrogens with one attached hydrogen (secondary N) is 1. The first kappa shape index (κ1) is 14.7. The summed E-state index contributed by atoms with van der Waals surface area (Å²) in [7, 11) is 1.79. The standard InChI is InChI=1S/C16H20N4O2/c1-19(16(21)15-10-17-7-8-22-15)11-13-9-18-20(12-13)14-5-3-2-4-6-14/h2-6,9,12,15,17H,7-8,10-11H2,1H3. The molecule has 6 nitrogen and oxygen atoms in total. The molecular formula is C16H20N4O2. The minimum atomic E-state index is -0.386. The summed E-state index contributed by atoms with van der Waals surface area (Å²) in [6.07, 6.45) is 3.35. The number of likely N-dealkylation sites (N-methyl/N-ethyl adjacent to an activating group) is 1. The molecule has 1 saturated heterocycles. The van der Waals surface area contributed by atoms with Crippen molar-refractivity contribution in [1.29, 1.82) is 0 Å². The number of rotatable bonds is 4. The van der Waals surface area contributed by atoms with Gasteiger partial charge in [0, 0.05) is 38.4 Å². The molecule has 1 aliphatic heterocycles. The van der Waals surface area contributed by atoms with E-state index in [9.17, 15) is 4.79 Å². The Balaban J connectivity index is 1.63. The Labute approximate surface area is 129 Å². The molecule has 2 heterocycles. The average molecular weight is 300 g/mol. The molecule has 0 spiro atoms. The molecule has 1 fully saturated rings. The van der Waals surface area contributed by atoms with Gasteiger partial charge in [-0.15, -0.1) is 0 Å². The maximum absolute atomic E-state index is 12.3. The average Bonchev–Trinajstić information content (AvgIpc) is 3.04. The number of amides is 1. The monoisotopic (exact) mass is 300 g/mol. The Morgan fingerprint density at radius 3 is 3.00 bits per heavy atom. The quantitative estimate of drug-likeness (QED) is 0.908.